The van der Waals surface area contributed by atoms with Gasteiger partial charge >= 0.3 is 5.97 Å². The third-order valence-corrected chi connectivity index (χ3v) is 2.92. The maximum Gasteiger partial charge on any atom is 0.341 e. The molecule has 20 heavy (non-hydrogen) atoms. The van der Waals surface area contributed by atoms with E-state index in [9.17, 15) is 9.59 Å². The second-order valence-electron chi connectivity index (χ2n) is 4.33. The van der Waals surface area contributed by atoms with E-state index in [0.717, 1.165) is 11.3 Å². The van der Waals surface area contributed by atoms with Crippen LogP contribution < -0.4 is 10.3 Å². The average molecular weight is 273 g/mol. The first-order valence-corrected chi connectivity index (χ1v) is 6.23. The van der Waals surface area contributed by atoms with Crippen molar-refractivity contribution in [2.24, 2.45) is 0 Å². The van der Waals surface area contributed by atoms with E-state index in [2.05, 4.69) is 4.98 Å². The maximum absolute atomic E-state index is 11.7. The monoisotopic (exact) mass is 273 g/mol. The number of ether oxygens (including phenoxy) is 1. The number of carboxylic acid groups (broad SMARTS) is 1. The molecule has 0 saturated carbocycles. The number of rotatable bonds is 4. The summed E-state index contributed by atoms with van der Waals surface area (Å²) in [6.45, 7) is 4.25. The number of benzene rings is 1. The van der Waals surface area contributed by atoms with Crippen molar-refractivity contribution in [3.8, 4) is 17.0 Å². The van der Waals surface area contributed by atoms with Crippen LogP contribution in [0.5, 0.6) is 5.75 Å². The Kier molecular flexibility index (Phi) is 3.89. The predicted molar refractivity (Wildman–Crippen MR) is 75.4 cm³/mol. The van der Waals surface area contributed by atoms with Gasteiger partial charge in [-0.25, -0.2) is 4.79 Å². The number of hydrogen-bond acceptors (Lipinski definition) is 3. The van der Waals surface area contributed by atoms with Crippen molar-refractivity contribution in [3.05, 3.63) is 51.8 Å². The molecule has 0 bridgehead atoms. The standard InChI is InChI=1S/C15H15NO4/c1-3-20-11-6-4-10(5-7-11)13-9(2)8-12(15(18)19)14(17)16-13/h4-8H,3H2,1-2H3,(H,16,17)(H,18,19). The fourth-order valence-electron chi connectivity index (χ4n) is 1.98. The van der Waals surface area contributed by atoms with Gasteiger partial charge in [0, 0.05) is 0 Å². The number of aromatic carboxylic acids is 1. The van der Waals surface area contributed by atoms with Gasteiger partial charge in [-0.15, -0.1) is 0 Å². The number of aromatic amines is 1. The van der Waals surface area contributed by atoms with Crippen molar-refractivity contribution >= 4 is 5.97 Å². The lowest BCUT2D eigenvalue weighted by atomic mass is 10.0. The summed E-state index contributed by atoms with van der Waals surface area (Å²) in [5, 5.41) is 8.91. The molecule has 0 saturated heterocycles. The molecule has 0 amide bonds. The molecule has 0 radical (unpaired) electrons. The van der Waals surface area contributed by atoms with Crippen LogP contribution >= 0.6 is 0 Å². The lowest BCUT2D eigenvalue weighted by Crippen LogP contribution is -2.18. The first-order chi connectivity index (χ1) is 9.52. The smallest absolute Gasteiger partial charge is 0.341 e. The number of H-pyrrole nitrogens is 1. The van der Waals surface area contributed by atoms with Gasteiger partial charge in [0.25, 0.3) is 5.56 Å². The molecule has 2 rings (SSSR count). The molecule has 0 fully saturated rings. The molecule has 2 aromatic rings. The molecule has 0 aliphatic rings. The molecule has 5 nitrogen and oxygen atoms in total. The second-order valence-corrected chi connectivity index (χ2v) is 4.33. The summed E-state index contributed by atoms with van der Waals surface area (Å²) < 4.78 is 5.35. The molecule has 0 aliphatic carbocycles. The van der Waals surface area contributed by atoms with Crippen LogP contribution in [0.2, 0.25) is 0 Å². The summed E-state index contributed by atoms with van der Waals surface area (Å²) in [4.78, 5) is 25.2. The first-order valence-electron chi connectivity index (χ1n) is 6.23. The Labute approximate surface area is 115 Å². The zero-order valence-electron chi connectivity index (χ0n) is 11.3. The predicted octanol–water partition coefficient (Wildman–Crippen LogP) is 2.45. The van der Waals surface area contributed by atoms with Crippen LogP contribution in [-0.2, 0) is 0 Å². The number of aromatic nitrogens is 1. The second kappa shape index (κ2) is 5.61. The topological polar surface area (TPSA) is 79.4 Å². The van der Waals surface area contributed by atoms with E-state index in [1.807, 2.05) is 31.2 Å². The van der Waals surface area contributed by atoms with Gasteiger partial charge in [-0.3, -0.25) is 4.79 Å². The van der Waals surface area contributed by atoms with Crippen LogP contribution in [0.3, 0.4) is 0 Å². The number of aryl methyl sites for hydroxylation is 1. The van der Waals surface area contributed by atoms with Gasteiger partial charge in [-0.05, 0) is 55.3 Å². The molecule has 0 unspecified atom stereocenters. The normalized spacial score (nSPS) is 10.3. The molecule has 1 aromatic carbocycles. The van der Waals surface area contributed by atoms with Crippen LogP contribution in [0, 0.1) is 6.92 Å². The Bertz CT molecular complexity index is 686. The maximum atomic E-state index is 11.7. The van der Waals surface area contributed by atoms with Crippen molar-refractivity contribution in [2.75, 3.05) is 6.61 Å². The minimum Gasteiger partial charge on any atom is -0.494 e. The molecule has 0 spiro atoms. The molecule has 5 heteroatoms. The molecule has 1 aromatic heterocycles. The molecule has 0 aliphatic heterocycles. The molecular weight excluding hydrogens is 258 g/mol. The highest BCUT2D eigenvalue weighted by atomic mass is 16.5. The zero-order chi connectivity index (χ0) is 14.7. The Balaban J connectivity index is 2.45. The van der Waals surface area contributed by atoms with E-state index < -0.39 is 11.5 Å². The van der Waals surface area contributed by atoms with E-state index in [0.29, 0.717) is 17.9 Å². The van der Waals surface area contributed by atoms with Gasteiger partial charge in [0.05, 0.1) is 12.3 Å². The molecule has 2 N–H and O–H groups in total. The minimum atomic E-state index is -1.23. The number of hydrogen-bond donors (Lipinski definition) is 2. The lowest BCUT2D eigenvalue weighted by Gasteiger charge is -2.08. The Morgan fingerprint density at radius 3 is 2.50 bits per heavy atom. The van der Waals surface area contributed by atoms with E-state index in [1.165, 1.54) is 6.07 Å². The van der Waals surface area contributed by atoms with Crippen LogP contribution in [0.4, 0.5) is 0 Å². The van der Waals surface area contributed by atoms with Crippen molar-refractivity contribution in [2.45, 2.75) is 13.8 Å². The summed E-state index contributed by atoms with van der Waals surface area (Å²) in [6.07, 6.45) is 0. The summed E-state index contributed by atoms with van der Waals surface area (Å²) in [7, 11) is 0. The van der Waals surface area contributed by atoms with Gasteiger partial charge < -0.3 is 14.8 Å². The number of carbonyl (C=O) groups is 1. The van der Waals surface area contributed by atoms with Crippen LogP contribution in [0.15, 0.2) is 35.1 Å². The Hall–Kier alpha value is -2.56. The Morgan fingerprint density at radius 1 is 1.30 bits per heavy atom. The summed E-state index contributed by atoms with van der Waals surface area (Å²) in [6, 6.07) is 8.64. The quantitative estimate of drug-likeness (QED) is 0.896. The minimum absolute atomic E-state index is 0.253. The van der Waals surface area contributed by atoms with Gasteiger partial charge in [0.2, 0.25) is 0 Å². The third-order valence-electron chi connectivity index (χ3n) is 2.92. The van der Waals surface area contributed by atoms with Crippen molar-refractivity contribution in [1.82, 2.24) is 4.98 Å². The fraction of sp³-hybridized carbons (Fsp3) is 0.200. The van der Waals surface area contributed by atoms with Crippen LogP contribution in [0.25, 0.3) is 11.3 Å². The van der Waals surface area contributed by atoms with Gasteiger partial charge in [-0.2, -0.15) is 0 Å². The van der Waals surface area contributed by atoms with Gasteiger partial charge in [-0.1, -0.05) is 0 Å². The highest BCUT2D eigenvalue weighted by molar-refractivity contribution is 5.88. The van der Waals surface area contributed by atoms with E-state index in [4.69, 9.17) is 9.84 Å². The highest BCUT2D eigenvalue weighted by Gasteiger charge is 2.12. The van der Waals surface area contributed by atoms with Crippen molar-refractivity contribution < 1.29 is 14.6 Å². The van der Waals surface area contributed by atoms with Gasteiger partial charge in [0.15, 0.2) is 0 Å². The number of nitrogens with one attached hydrogen (secondary N) is 1. The zero-order valence-corrected chi connectivity index (χ0v) is 11.3. The molecule has 0 atom stereocenters. The van der Waals surface area contributed by atoms with Crippen molar-refractivity contribution in [3.63, 3.8) is 0 Å². The molecule has 1 heterocycles. The third kappa shape index (κ3) is 2.71. The highest BCUT2D eigenvalue weighted by Crippen LogP contribution is 2.23. The van der Waals surface area contributed by atoms with Crippen LogP contribution in [0.1, 0.15) is 22.8 Å². The largest absolute Gasteiger partial charge is 0.494 e. The average Bonchev–Trinajstić information content (AvgIpc) is 2.42. The van der Waals surface area contributed by atoms with E-state index in [-0.39, 0.29) is 5.56 Å². The molecule has 104 valence electrons. The summed E-state index contributed by atoms with van der Waals surface area (Å²) in [5.41, 5.74) is 1.26. The Morgan fingerprint density at radius 2 is 1.95 bits per heavy atom. The van der Waals surface area contributed by atoms with E-state index >= 15 is 0 Å². The summed E-state index contributed by atoms with van der Waals surface area (Å²) in [5.74, 6) is -0.481. The van der Waals surface area contributed by atoms with Gasteiger partial charge in [0.1, 0.15) is 11.3 Å². The SMILES string of the molecule is CCOc1ccc(-c2[nH]c(=O)c(C(=O)O)cc2C)cc1. The van der Waals surface area contributed by atoms with Crippen LogP contribution in [-0.4, -0.2) is 22.7 Å². The fourth-order valence-corrected chi connectivity index (χ4v) is 1.98. The lowest BCUT2D eigenvalue weighted by molar-refractivity contribution is 0.0695. The van der Waals surface area contributed by atoms with E-state index in [1.54, 1.807) is 6.92 Å². The summed E-state index contributed by atoms with van der Waals surface area (Å²) >= 11 is 0. The first kappa shape index (κ1) is 13.9. The number of pyridine rings is 1. The van der Waals surface area contributed by atoms with Crippen molar-refractivity contribution in [1.29, 1.82) is 0 Å². The number of carboxylic acids is 1. The molecular formula is C15H15NO4.